The van der Waals surface area contributed by atoms with Crippen molar-refractivity contribution in [2.24, 2.45) is 0 Å². The molecule has 21 heavy (non-hydrogen) atoms. The van der Waals surface area contributed by atoms with Gasteiger partial charge in [0.15, 0.2) is 0 Å². The molecule has 0 spiro atoms. The third-order valence-electron chi connectivity index (χ3n) is 3.08. The Morgan fingerprint density at radius 2 is 1.86 bits per heavy atom. The van der Waals surface area contributed by atoms with Crippen molar-refractivity contribution in [2.75, 3.05) is 17.2 Å². The number of aromatic nitrogens is 2. The largest absolute Gasteiger partial charge is 0.370 e. The van der Waals surface area contributed by atoms with E-state index in [1.165, 1.54) is 12.1 Å². The molecule has 2 rings (SSSR count). The molecule has 1 aromatic heterocycles. The first kappa shape index (κ1) is 15.2. The number of hydrogen-bond donors (Lipinski definition) is 2. The van der Waals surface area contributed by atoms with Crippen LogP contribution < -0.4 is 10.6 Å². The van der Waals surface area contributed by atoms with Crippen LogP contribution in [0.2, 0.25) is 0 Å². The van der Waals surface area contributed by atoms with Crippen LogP contribution in [-0.2, 0) is 0 Å². The molecule has 2 N–H and O–H groups in total. The molecule has 0 saturated heterocycles. The fraction of sp³-hybridized carbons (Fsp3) is 0.375. The zero-order valence-corrected chi connectivity index (χ0v) is 12.9. The molecule has 0 aliphatic rings. The zero-order chi connectivity index (χ0) is 15.4. The number of nitrogens with zero attached hydrogens (tertiary/aromatic N) is 2. The molecule has 0 amide bonds. The van der Waals surface area contributed by atoms with Crippen LogP contribution >= 0.6 is 0 Å². The van der Waals surface area contributed by atoms with Gasteiger partial charge in [-0.2, -0.15) is 0 Å². The number of anilines is 3. The normalized spacial score (nSPS) is 10.8. The van der Waals surface area contributed by atoms with Crippen molar-refractivity contribution < 1.29 is 4.39 Å². The number of nitrogens with one attached hydrogen (secondary N) is 2. The number of rotatable bonds is 5. The fourth-order valence-corrected chi connectivity index (χ4v) is 1.93. The average molecular weight is 288 g/mol. The van der Waals surface area contributed by atoms with Gasteiger partial charge in [-0.15, -0.1) is 0 Å². The molecule has 1 aromatic carbocycles. The van der Waals surface area contributed by atoms with Crippen LogP contribution in [0.1, 0.15) is 38.1 Å². The summed E-state index contributed by atoms with van der Waals surface area (Å²) in [5.41, 5.74) is 1.68. The number of benzene rings is 1. The smallest absolute Gasteiger partial charge is 0.136 e. The maximum atomic E-state index is 13.4. The standard InChI is InChI=1S/C16H21FN4/c1-5-18-14-9-15(21-16(20-14)10(2)3)19-13-8-12(17)7-6-11(13)4/h6-10H,5H2,1-4H3,(H2,18,19,20,21). The minimum Gasteiger partial charge on any atom is -0.370 e. The summed E-state index contributed by atoms with van der Waals surface area (Å²) in [6.07, 6.45) is 0. The maximum Gasteiger partial charge on any atom is 0.136 e. The molecular formula is C16H21FN4. The summed E-state index contributed by atoms with van der Waals surface area (Å²) < 4.78 is 13.4. The summed E-state index contributed by atoms with van der Waals surface area (Å²) in [5, 5.41) is 6.37. The lowest BCUT2D eigenvalue weighted by molar-refractivity contribution is 0.628. The Bertz CT molecular complexity index is 626. The lowest BCUT2D eigenvalue weighted by atomic mass is 10.2. The molecule has 0 radical (unpaired) electrons. The van der Waals surface area contributed by atoms with E-state index < -0.39 is 0 Å². The van der Waals surface area contributed by atoms with Crippen LogP contribution in [-0.4, -0.2) is 16.5 Å². The van der Waals surface area contributed by atoms with Gasteiger partial charge in [0.2, 0.25) is 0 Å². The molecular weight excluding hydrogens is 267 g/mol. The molecule has 112 valence electrons. The van der Waals surface area contributed by atoms with Gasteiger partial charge in [0.1, 0.15) is 23.3 Å². The molecule has 0 saturated carbocycles. The van der Waals surface area contributed by atoms with Crippen LogP contribution in [0.15, 0.2) is 24.3 Å². The lowest BCUT2D eigenvalue weighted by Gasteiger charge is -2.13. The van der Waals surface area contributed by atoms with Crippen molar-refractivity contribution in [3.63, 3.8) is 0 Å². The van der Waals surface area contributed by atoms with Gasteiger partial charge in [-0.05, 0) is 31.5 Å². The molecule has 0 unspecified atom stereocenters. The Balaban J connectivity index is 2.36. The van der Waals surface area contributed by atoms with E-state index in [0.717, 1.165) is 23.8 Å². The van der Waals surface area contributed by atoms with E-state index in [9.17, 15) is 4.39 Å². The SMILES string of the molecule is CCNc1cc(Nc2cc(F)ccc2C)nc(C(C)C)n1. The molecule has 0 atom stereocenters. The number of aryl methyl sites for hydroxylation is 1. The Kier molecular flexibility index (Phi) is 4.73. The topological polar surface area (TPSA) is 49.8 Å². The quantitative estimate of drug-likeness (QED) is 0.864. The Hall–Kier alpha value is -2.17. The van der Waals surface area contributed by atoms with Crippen LogP contribution in [0.3, 0.4) is 0 Å². The Labute approximate surface area is 124 Å². The van der Waals surface area contributed by atoms with Crippen molar-refractivity contribution in [3.05, 3.63) is 41.5 Å². The molecule has 0 fully saturated rings. The van der Waals surface area contributed by atoms with E-state index in [-0.39, 0.29) is 11.7 Å². The highest BCUT2D eigenvalue weighted by atomic mass is 19.1. The highest BCUT2D eigenvalue weighted by molar-refractivity contribution is 5.62. The van der Waals surface area contributed by atoms with Crippen molar-refractivity contribution in [1.29, 1.82) is 0 Å². The van der Waals surface area contributed by atoms with E-state index in [4.69, 9.17) is 0 Å². The fourth-order valence-electron chi connectivity index (χ4n) is 1.93. The summed E-state index contributed by atoms with van der Waals surface area (Å²) in [7, 11) is 0. The van der Waals surface area contributed by atoms with E-state index in [0.29, 0.717) is 11.5 Å². The average Bonchev–Trinajstić information content (AvgIpc) is 2.43. The lowest BCUT2D eigenvalue weighted by Crippen LogP contribution is -2.07. The Morgan fingerprint density at radius 3 is 2.52 bits per heavy atom. The van der Waals surface area contributed by atoms with Gasteiger partial charge in [-0.1, -0.05) is 19.9 Å². The van der Waals surface area contributed by atoms with E-state index in [2.05, 4.69) is 20.6 Å². The van der Waals surface area contributed by atoms with Gasteiger partial charge >= 0.3 is 0 Å². The highest BCUT2D eigenvalue weighted by Crippen LogP contribution is 2.23. The molecule has 4 nitrogen and oxygen atoms in total. The van der Waals surface area contributed by atoms with Gasteiger partial charge in [0.05, 0.1) is 0 Å². The Morgan fingerprint density at radius 1 is 1.14 bits per heavy atom. The van der Waals surface area contributed by atoms with Gasteiger partial charge in [0, 0.05) is 24.2 Å². The third-order valence-corrected chi connectivity index (χ3v) is 3.08. The molecule has 0 bridgehead atoms. The molecule has 0 aliphatic carbocycles. The van der Waals surface area contributed by atoms with E-state index >= 15 is 0 Å². The molecule has 1 heterocycles. The van der Waals surface area contributed by atoms with Gasteiger partial charge < -0.3 is 10.6 Å². The van der Waals surface area contributed by atoms with Crippen LogP contribution in [0.25, 0.3) is 0 Å². The number of hydrogen-bond acceptors (Lipinski definition) is 4. The highest BCUT2D eigenvalue weighted by Gasteiger charge is 2.09. The summed E-state index contributed by atoms with van der Waals surface area (Å²) in [4.78, 5) is 8.96. The molecule has 2 aromatic rings. The zero-order valence-electron chi connectivity index (χ0n) is 12.9. The predicted molar refractivity (Wildman–Crippen MR) is 84.7 cm³/mol. The summed E-state index contributed by atoms with van der Waals surface area (Å²) in [6, 6.07) is 6.50. The minimum atomic E-state index is -0.270. The second-order valence-electron chi connectivity index (χ2n) is 5.27. The third kappa shape index (κ3) is 3.90. The summed E-state index contributed by atoms with van der Waals surface area (Å²) >= 11 is 0. The number of halogens is 1. The van der Waals surface area contributed by atoms with Crippen molar-refractivity contribution >= 4 is 17.3 Å². The van der Waals surface area contributed by atoms with Gasteiger partial charge in [-0.25, -0.2) is 14.4 Å². The van der Waals surface area contributed by atoms with E-state index in [1.807, 2.05) is 33.8 Å². The summed E-state index contributed by atoms with van der Waals surface area (Å²) in [5.74, 6) is 2.14. The van der Waals surface area contributed by atoms with Crippen LogP contribution in [0.4, 0.5) is 21.7 Å². The first-order chi connectivity index (χ1) is 9.99. The van der Waals surface area contributed by atoms with Crippen LogP contribution in [0, 0.1) is 12.7 Å². The van der Waals surface area contributed by atoms with Gasteiger partial charge in [0.25, 0.3) is 0 Å². The second kappa shape index (κ2) is 6.52. The second-order valence-corrected chi connectivity index (χ2v) is 5.27. The van der Waals surface area contributed by atoms with E-state index in [1.54, 1.807) is 6.07 Å². The predicted octanol–water partition coefficient (Wildman–Crippen LogP) is 4.22. The first-order valence-corrected chi connectivity index (χ1v) is 7.15. The minimum absolute atomic E-state index is 0.220. The van der Waals surface area contributed by atoms with Gasteiger partial charge in [-0.3, -0.25) is 0 Å². The molecule has 5 heteroatoms. The maximum absolute atomic E-state index is 13.4. The molecule has 0 aliphatic heterocycles. The van der Waals surface area contributed by atoms with Crippen LogP contribution in [0.5, 0.6) is 0 Å². The first-order valence-electron chi connectivity index (χ1n) is 7.15. The summed E-state index contributed by atoms with van der Waals surface area (Å²) in [6.45, 7) is 8.82. The van der Waals surface area contributed by atoms with Crippen molar-refractivity contribution in [1.82, 2.24) is 9.97 Å². The van der Waals surface area contributed by atoms with Crippen molar-refractivity contribution in [3.8, 4) is 0 Å². The monoisotopic (exact) mass is 288 g/mol. The van der Waals surface area contributed by atoms with Crippen molar-refractivity contribution in [2.45, 2.75) is 33.6 Å².